The predicted molar refractivity (Wildman–Crippen MR) is 246 cm³/mol. The maximum absolute atomic E-state index is 12.9. The highest BCUT2D eigenvalue weighted by Crippen LogP contribution is 2.55. The Morgan fingerprint density at radius 3 is 1.83 bits per heavy atom. The summed E-state index contributed by atoms with van der Waals surface area (Å²) in [5.74, 6) is 0. The molecule has 6 aromatic carbocycles. The molecule has 0 fully saturated rings. The maximum Gasteiger partial charge on any atom is 0.295 e. The van der Waals surface area contributed by atoms with E-state index in [9.17, 15) is 51.9 Å². The van der Waals surface area contributed by atoms with Crippen molar-refractivity contribution in [2.45, 2.75) is 72.0 Å². The smallest absolute Gasteiger partial charge is 0.295 e. The highest BCUT2D eigenvalue weighted by molar-refractivity contribution is 7.86. The Bertz CT molecular complexity index is 3850. The van der Waals surface area contributed by atoms with E-state index in [2.05, 4.69) is 35.1 Å². The van der Waals surface area contributed by atoms with E-state index < -0.39 is 66.0 Å². The van der Waals surface area contributed by atoms with Gasteiger partial charge in [-0.2, -0.15) is 38.2 Å². The molecule has 0 aliphatic carbocycles. The van der Waals surface area contributed by atoms with Crippen LogP contribution >= 0.6 is 0 Å². The monoisotopic (exact) mass is 951 g/mol. The zero-order chi connectivity index (χ0) is 47.4. The van der Waals surface area contributed by atoms with Crippen LogP contribution in [0.1, 0.15) is 49.9 Å². The van der Waals surface area contributed by atoms with E-state index >= 15 is 0 Å². The third-order valence-electron chi connectivity index (χ3n) is 11.8. The lowest BCUT2D eigenvalue weighted by Gasteiger charge is -2.25. The molecule has 6 aromatic rings. The molecule has 0 saturated heterocycles. The van der Waals surface area contributed by atoms with Crippen molar-refractivity contribution < 1.29 is 51.9 Å². The third kappa shape index (κ3) is 7.81. The van der Waals surface area contributed by atoms with Gasteiger partial charge in [-0.3, -0.25) is 18.2 Å². The molecule has 0 radical (unpaired) electrons. The summed E-state index contributed by atoms with van der Waals surface area (Å²) in [6, 6.07) is 23.6. The van der Waals surface area contributed by atoms with Gasteiger partial charge in [-0.15, -0.1) is 0 Å². The molecule has 0 bridgehead atoms. The molecular weight excluding hydrogens is 913 g/mol. The summed E-state index contributed by atoms with van der Waals surface area (Å²) in [5, 5.41) is 1.96. The summed E-state index contributed by atoms with van der Waals surface area (Å²) in [4.78, 5) is -0.677. The average molecular weight is 952 g/mol. The van der Waals surface area contributed by atoms with E-state index in [0.717, 1.165) is 63.5 Å². The first-order chi connectivity index (χ1) is 30.1. The molecule has 2 aliphatic heterocycles. The summed E-state index contributed by atoms with van der Waals surface area (Å²) >= 11 is 0. The molecule has 2 aliphatic rings. The average Bonchev–Trinajstić information content (AvgIpc) is 3.57. The number of aryl methyl sites for hydroxylation is 2. The first-order valence-electron chi connectivity index (χ1n) is 19.6. The van der Waals surface area contributed by atoms with Crippen LogP contribution in [0.5, 0.6) is 0 Å². The largest absolute Gasteiger partial charge is 0.305 e. The van der Waals surface area contributed by atoms with Gasteiger partial charge < -0.3 is 4.90 Å². The van der Waals surface area contributed by atoms with Crippen LogP contribution in [0.4, 0.5) is 22.7 Å². The van der Waals surface area contributed by atoms with Crippen LogP contribution in [0.3, 0.4) is 0 Å². The number of nitrogens with zero attached hydrogens (tertiary/aromatic N) is 2. The molecule has 0 unspecified atom stereocenters. The second-order valence-corrected chi connectivity index (χ2v) is 22.5. The summed E-state index contributed by atoms with van der Waals surface area (Å²) in [6.45, 7) is 11.5. The fraction of sp³-hybridized carbons (Fsp3) is 0.170. The van der Waals surface area contributed by atoms with Crippen LogP contribution in [0, 0.1) is 13.8 Å². The molecule has 14 nitrogen and oxygen atoms in total. The Labute approximate surface area is 375 Å². The van der Waals surface area contributed by atoms with E-state index in [-0.39, 0.29) is 32.7 Å². The number of hydrogen-bond acceptors (Lipinski definition) is 9. The summed E-state index contributed by atoms with van der Waals surface area (Å²) < 4.78 is 142. The van der Waals surface area contributed by atoms with Crippen molar-refractivity contribution in [3.63, 3.8) is 0 Å². The Balaban J connectivity index is 1.43. The van der Waals surface area contributed by atoms with Gasteiger partial charge in [0.2, 0.25) is 17.1 Å². The Hall–Kier alpha value is -6.19. The van der Waals surface area contributed by atoms with Crippen molar-refractivity contribution in [1.82, 2.24) is 4.58 Å². The molecule has 18 heteroatoms. The van der Waals surface area contributed by atoms with Crippen molar-refractivity contribution in [3.05, 3.63) is 154 Å². The summed E-state index contributed by atoms with van der Waals surface area (Å²) in [5.41, 5.74) is 15.7. The molecule has 0 spiro atoms. The highest BCUT2D eigenvalue weighted by Gasteiger charge is 2.48. The lowest BCUT2D eigenvalue weighted by molar-refractivity contribution is 0.480. The minimum atomic E-state index is -5.08. The first kappa shape index (κ1) is 45.4. The van der Waals surface area contributed by atoms with Crippen LogP contribution in [-0.2, 0) is 51.3 Å². The van der Waals surface area contributed by atoms with E-state index in [1.54, 1.807) is 26.0 Å². The van der Waals surface area contributed by atoms with Gasteiger partial charge in [0.05, 0.1) is 32.7 Å². The zero-order valence-electron chi connectivity index (χ0n) is 35.4. The van der Waals surface area contributed by atoms with E-state index in [1.165, 1.54) is 41.3 Å². The maximum atomic E-state index is 12.9. The van der Waals surface area contributed by atoms with Crippen LogP contribution in [0.2, 0.25) is 0 Å². The summed E-state index contributed by atoms with van der Waals surface area (Å²) in [7, 11) is -19.2. The van der Waals surface area contributed by atoms with Gasteiger partial charge >= 0.3 is 0 Å². The Morgan fingerprint density at radius 2 is 1.18 bits per heavy atom. The second kappa shape index (κ2) is 15.2. The van der Waals surface area contributed by atoms with Crippen molar-refractivity contribution >= 4 is 90.5 Å². The Morgan fingerprint density at radius 1 is 0.585 bits per heavy atom. The normalized spacial score (nSPS) is 15.6. The van der Waals surface area contributed by atoms with Gasteiger partial charge in [0.15, 0.2) is 0 Å². The van der Waals surface area contributed by atoms with Gasteiger partial charge in [-0.25, -0.2) is 0 Å². The molecule has 65 heavy (non-hydrogen) atoms. The molecule has 8 rings (SSSR count). The molecule has 0 saturated carbocycles. The minimum Gasteiger partial charge on any atom is -0.305 e. The second-order valence-electron chi connectivity index (χ2n) is 16.8. The molecule has 0 atom stereocenters. The van der Waals surface area contributed by atoms with Crippen molar-refractivity contribution in [3.8, 4) is 0 Å². The van der Waals surface area contributed by atoms with E-state index in [0.29, 0.717) is 17.0 Å². The topological polar surface area (TPSA) is 224 Å². The molecule has 4 N–H and O–H groups in total. The lowest BCUT2D eigenvalue weighted by Crippen LogP contribution is -2.27. The quantitative estimate of drug-likeness (QED) is 0.0668. The number of benzene rings is 6. The third-order valence-corrected chi connectivity index (χ3v) is 15.2. The zero-order valence-corrected chi connectivity index (χ0v) is 38.7. The number of rotatable bonds is 7. The van der Waals surface area contributed by atoms with Gasteiger partial charge in [-0.05, 0) is 128 Å². The van der Waals surface area contributed by atoms with Crippen molar-refractivity contribution in [1.29, 1.82) is 0 Å². The SMILES string of the molecule is Cc1ccc2c3c(cc(C)c2c1)[N+](c1cccc(S(=O)(=O)O)c1)=C(C=C=C=C=C=C1N(c2cccc(S(=O)(=O)O)c2)c2cc(S(=O)(=O)O)c4cc(S(=O)(=O)O)ccc4c2C1(C)C)C3(C)C. The van der Waals surface area contributed by atoms with Crippen molar-refractivity contribution in [2.75, 3.05) is 4.90 Å². The lowest BCUT2D eigenvalue weighted by atomic mass is 9.78. The summed E-state index contributed by atoms with van der Waals surface area (Å²) in [6.07, 6.45) is 1.66. The minimum absolute atomic E-state index is 0.118. The predicted octanol–water partition coefficient (Wildman–Crippen LogP) is 8.80. The van der Waals surface area contributed by atoms with Gasteiger partial charge in [-0.1, -0.05) is 47.7 Å². The van der Waals surface area contributed by atoms with Crippen LogP contribution in [0.25, 0.3) is 21.5 Å². The molecule has 0 amide bonds. The fourth-order valence-corrected chi connectivity index (χ4v) is 11.2. The highest BCUT2D eigenvalue weighted by atomic mass is 32.2. The molecule has 2 heterocycles. The number of hydrogen-bond donors (Lipinski definition) is 4. The van der Waals surface area contributed by atoms with Crippen LogP contribution in [0.15, 0.2) is 151 Å². The van der Waals surface area contributed by atoms with E-state index in [4.69, 9.17) is 0 Å². The fourth-order valence-electron chi connectivity index (χ4n) is 8.95. The van der Waals surface area contributed by atoms with Gasteiger partial charge in [0.25, 0.3) is 40.5 Å². The van der Waals surface area contributed by atoms with Crippen LogP contribution in [-0.4, -0.2) is 57.6 Å². The Kier molecular flexibility index (Phi) is 10.6. The number of allylic oxidation sites excluding steroid dienone is 2. The van der Waals surface area contributed by atoms with E-state index in [1.807, 2.05) is 44.4 Å². The molecule has 0 aromatic heterocycles. The first-order valence-corrected chi connectivity index (χ1v) is 25.3. The molecule has 332 valence electrons. The standard InChI is InChI=1S/C47H38N2O12S4/c1-28-18-20-35-37(22-28)29(2)23-39-44(35)46(3,4)42(48(39)30-12-10-14-32(24-30)62(50,51)52)16-8-7-9-17-43-47(5,6)45-36-21-19-34(64(56,57)58)26-38(36)41(65(59,60)61)27-40(45)49(43)31-13-11-15-33(25-31)63(53,54)55/h10-16,18-27H,1-6H3,(H3-,50,51,52,53,54,55,56,57,58,59,60,61)/p+1. The van der Waals surface area contributed by atoms with Crippen molar-refractivity contribution in [2.24, 2.45) is 0 Å². The van der Waals surface area contributed by atoms with Gasteiger partial charge in [0.1, 0.15) is 9.79 Å². The number of fused-ring (bicyclic) bond motifs is 6. The number of anilines is 2. The van der Waals surface area contributed by atoms with Gasteiger partial charge in [0, 0.05) is 40.3 Å². The molecular formula is C47H39N2O12S4+. The van der Waals surface area contributed by atoms with Crippen LogP contribution < -0.4 is 9.48 Å².